The maximum absolute atomic E-state index is 6.15. The standard InChI is InChI=1S/C11H22N4/c1-5-9(4)10(12)11-14-13-7-15(11)6-8(2)3/h7-10H,5-6,12H2,1-4H3/t9-,10-/m0/s1. The second-order valence-corrected chi connectivity index (χ2v) is 4.65. The summed E-state index contributed by atoms with van der Waals surface area (Å²) in [4.78, 5) is 0. The van der Waals surface area contributed by atoms with E-state index in [1.165, 1.54) is 0 Å². The van der Waals surface area contributed by atoms with Gasteiger partial charge < -0.3 is 10.3 Å². The summed E-state index contributed by atoms with van der Waals surface area (Å²) < 4.78 is 2.07. The molecule has 0 bridgehead atoms. The van der Waals surface area contributed by atoms with E-state index in [4.69, 9.17) is 5.73 Å². The van der Waals surface area contributed by atoms with Crippen LogP contribution >= 0.6 is 0 Å². The molecule has 1 aromatic rings. The molecule has 0 radical (unpaired) electrons. The van der Waals surface area contributed by atoms with E-state index in [1.54, 1.807) is 6.33 Å². The summed E-state index contributed by atoms with van der Waals surface area (Å²) in [6, 6.07) is -0.00347. The van der Waals surface area contributed by atoms with Crippen LogP contribution in [0.25, 0.3) is 0 Å². The molecular weight excluding hydrogens is 188 g/mol. The Balaban J connectivity index is 2.79. The van der Waals surface area contributed by atoms with Crippen molar-refractivity contribution >= 4 is 0 Å². The normalized spacial score (nSPS) is 15.6. The topological polar surface area (TPSA) is 56.7 Å². The molecule has 15 heavy (non-hydrogen) atoms. The van der Waals surface area contributed by atoms with Gasteiger partial charge in [-0.2, -0.15) is 0 Å². The van der Waals surface area contributed by atoms with Gasteiger partial charge in [0.25, 0.3) is 0 Å². The highest BCUT2D eigenvalue weighted by molar-refractivity contribution is 4.95. The van der Waals surface area contributed by atoms with Crippen molar-refractivity contribution in [3.63, 3.8) is 0 Å². The average Bonchev–Trinajstić information content (AvgIpc) is 2.62. The maximum atomic E-state index is 6.15. The minimum Gasteiger partial charge on any atom is -0.321 e. The summed E-state index contributed by atoms with van der Waals surface area (Å²) in [5.41, 5.74) is 6.15. The van der Waals surface area contributed by atoms with E-state index in [9.17, 15) is 0 Å². The molecule has 0 unspecified atom stereocenters. The van der Waals surface area contributed by atoms with Gasteiger partial charge in [-0.15, -0.1) is 10.2 Å². The van der Waals surface area contributed by atoms with Crippen molar-refractivity contribution in [2.75, 3.05) is 0 Å². The first-order valence-electron chi connectivity index (χ1n) is 5.69. The molecule has 1 heterocycles. The van der Waals surface area contributed by atoms with Crippen LogP contribution in [0.1, 0.15) is 46.0 Å². The minimum absolute atomic E-state index is 0.00347. The summed E-state index contributed by atoms with van der Waals surface area (Å²) in [6.45, 7) is 9.59. The number of rotatable bonds is 5. The zero-order chi connectivity index (χ0) is 11.4. The molecule has 0 aromatic carbocycles. The predicted molar refractivity (Wildman–Crippen MR) is 61.2 cm³/mol. The van der Waals surface area contributed by atoms with E-state index in [2.05, 4.69) is 42.5 Å². The zero-order valence-electron chi connectivity index (χ0n) is 10.1. The Kier molecular flexibility index (Phi) is 4.27. The van der Waals surface area contributed by atoms with E-state index < -0.39 is 0 Å². The fourth-order valence-corrected chi connectivity index (χ4v) is 1.56. The minimum atomic E-state index is -0.00347. The number of aromatic nitrogens is 3. The van der Waals surface area contributed by atoms with Crippen LogP contribution in [0.3, 0.4) is 0 Å². The second kappa shape index (κ2) is 5.26. The lowest BCUT2D eigenvalue weighted by atomic mass is 9.99. The molecule has 0 fully saturated rings. The van der Waals surface area contributed by atoms with Gasteiger partial charge in [0.1, 0.15) is 12.2 Å². The molecule has 4 nitrogen and oxygen atoms in total. The molecule has 0 amide bonds. The Labute approximate surface area is 91.9 Å². The number of nitrogens with two attached hydrogens (primary N) is 1. The van der Waals surface area contributed by atoms with Gasteiger partial charge in [-0.1, -0.05) is 34.1 Å². The third-order valence-electron chi connectivity index (χ3n) is 2.76. The lowest BCUT2D eigenvalue weighted by Crippen LogP contribution is -2.23. The fourth-order valence-electron chi connectivity index (χ4n) is 1.56. The Bertz CT molecular complexity index is 293. The third kappa shape index (κ3) is 3.02. The molecular formula is C11H22N4. The van der Waals surface area contributed by atoms with E-state index in [1.807, 2.05) is 0 Å². The van der Waals surface area contributed by atoms with E-state index in [-0.39, 0.29) is 6.04 Å². The van der Waals surface area contributed by atoms with Crippen LogP contribution in [0.5, 0.6) is 0 Å². The van der Waals surface area contributed by atoms with Gasteiger partial charge in [0.2, 0.25) is 0 Å². The smallest absolute Gasteiger partial charge is 0.150 e. The van der Waals surface area contributed by atoms with Gasteiger partial charge in [-0.05, 0) is 11.8 Å². The first-order valence-corrected chi connectivity index (χ1v) is 5.69. The second-order valence-electron chi connectivity index (χ2n) is 4.65. The highest BCUT2D eigenvalue weighted by atomic mass is 15.3. The molecule has 86 valence electrons. The summed E-state index contributed by atoms with van der Waals surface area (Å²) in [7, 11) is 0. The van der Waals surface area contributed by atoms with Gasteiger partial charge in [-0.25, -0.2) is 0 Å². The van der Waals surface area contributed by atoms with Gasteiger partial charge in [-0.3, -0.25) is 0 Å². The van der Waals surface area contributed by atoms with E-state index in [0.717, 1.165) is 18.8 Å². The Morgan fingerprint density at radius 2 is 2.07 bits per heavy atom. The summed E-state index contributed by atoms with van der Waals surface area (Å²) in [5, 5.41) is 8.07. The van der Waals surface area contributed by atoms with Gasteiger partial charge in [0.05, 0.1) is 6.04 Å². The van der Waals surface area contributed by atoms with Crippen molar-refractivity contribution in [3.8, 4) is 0 Å². The van der Waals surface area contributed by atoms with Crippen molar-refractivity contribution in [1.29, 1.82) is 0 Å². The van der Waals surface area contributed by atoms with E-state index in [0.29, 0.717) is 11.8 Å². The SMILES string of the molecule is CC[C@H](C)[C@H](N)c1nncn1CC(C)C. The highest BCUT2D eigenvalue weighted by Gasteiger charge is 2.19. The van der Waals surface area contributed by atoms with Gasteiger partial charge >= 0.3 is 0 Å². The van der Waals surface area contributed by atoms with Crippen LogP contribution in [0.15, 0.2) is 6.33 Å². The summed E-state index contributed by atoms with van der Waals surface area (Å²) >= 11 is 0. The molecule has 1 aromatic heterocycles. The van der Waals surface area contributed by atoms with Gasteiger partial charge in [0, 0.05) is 6.54 Å². The molecule has 0 saturated heterocycles. The fraction of sp³-hybridized carbons (Fsp3) is 0.818. The van der Waals surface area contributed by atoms with Crippen LogP contribution in [-0.4, -0.2) is 14.8 Å². The van der Waals surface area contributed by atoms with Crippen molar-refractivity contribution in [3.05, 3.63) is 12.2 Å². The quantitative estimate of drug-likeness (QED) is 0.808. The van der Waals surface area contributed by atoms with E-state index >= 15 is 0 Å². The summed E-state index contributed by atoms with van der Waals surface area (Å²) in [5.74, 6) is 1.95. The first kappa shape index (κ1) is 12.2. The zero-order valence-corrected chi connectivity index (χ0v) is 10.1. The van der Waals surface area contributed by atoms with Crippen LogP contribution in [0, 0.1) is 11.8 Å². The van der Waals surface area contributed by atoms with Crippen molar-refractivity contribution in [2.24, 2.45) is 17.6 Å². The first-order chi connectivity index (χ1) is 7.06. The molecule has 4 heteroatoms. The van der Waals surface area contributed by atoms with Crippen LogP contribution in [0.4, 0.5) is 0 Å². The lowest BCUT2D eigenvalue weighted by molar-refractivity contribution is 0.407. The number of hydrogen-bond donors (Lipinski definition) is 1. The molecule has 0 spiro atoms. The number of hydrogen-bond acceptors (Lipinski definition) is 3. The molecule has 0 aliphatic carbocycles. The highest BCUT2D eigenvalue weighted by Crippen LogP contribution is 2.20. The third-order valence-corrected chi connectivity index (χ3v) is 2.76. The predicted octanol–water partition coefficient (Wildman–Crippen LogP) is 1.98. The van der Waals surface area contributed by atoms with Crippen molar-refractivity contribution in [2.45, 2.75) is 46.7 Å². The molecule has 2 N–H and O–H groups in total. The average molecular weight is 210 g/mol. The van der Waals surface area contributed by atoms with Crippen LogP contribution in [0.2, 0.25) is 0 Å². The maximum Gasteiger partial charge on any atom is 0.150 e. The number of nitrogens with zero attached hydrogens (tertiary/aromatic N) is 3. The Hall–Kier alpha value is -0.900. The largest absolute Gasteiger partial charge is 0.321 e. The Morgan fingerprint density at radius 1 is 1.40 bits per heavy atom. The van der Waals surface area contributed by atoms with Gasteiger partial charge in [0.15, 0.2) is 0 Å². The molecule has 0 aliphatic rings. The van der Waals surface area contributed by atoms with Crippen molar-refractivity contribution in [1.82, 2.24) is 14.8 Å². The molecule has 1 rings (SSSR count). The Morgan fingerprint density at radius 3 is 2.60 bits per heavy atom. The van der Waals surface area contributed by atoms with Crippen LogP contribution < -0.4 is 5.73 Å². The monoisotopic (exact) mass is 210 g/mol. The molecule has 0 saturated carbocycles. The molecule has 2 atom stereocenters. The van der Waals surface area contributed by atoms with Crippen LogP contribution in [-0.2, 0) is 6.54 Å². The van der Waals surface area contributed by atoms with Crippen molar-refractivity contribution < 1.29 is 0 Å². The molecule has 0 aliphatic heterocycles. The lowest BCUT2D eigenvalue weighted by Gasteiger charge is -2.19. The summed E-state index contributed by atoms with van der Waals surface area (Å²) in [6.07, 6.45) is 2.84.